The summed E-state index contributed by atoms with van der Waals surface area (Å²) in [4.78, 5) is 54.2. The van der Waals surface area contributed by atoms with E-state index in [-0.39, 0.29) is 36.3 Å². The molecule has 0 radical (unpaired) electrons. The standard InChI is InChI=1S/C32H43N5O6/c1-32(2,3)43-31(41)36-16-12-22(13-17-36)42-23-18-21(19-23)35-14-10-20(11-15-35)24-6-5-7-25-28(24)34(4)30(40)37(25)26-8-9-27(38)33-29(26)39/h5-7,10,21-23,26H,8-9,11-19H2,1-4H3,(H,33,38,39). The molecule has 2 saturated heterocycles. The van der Waals surface area contributed by atoms with Crippen molar-refractivity contribution in [1.82, 2.24) is 24.3 Å². The Morgan fingerprint density at radius 3 is 2.37 bits per heavy atom. The van der Waals surface area contributed by atoms with Crippen LogP contribution in [0, 0.1) is 0 Å². The predicted octanol–water partition coefficient (Wildman–Crippen LogP) is 3.35. The number of fused-ring (bicyclic) bond motifs is 1. The second-order valence-corrected chi connectivity index (χ2v) is 13.4. The number of rotatable bonds is 5. The van der Waals surface area contributed by atoms with Crippen molar-refractivity contribution < 1.29 is 23.9 Å². The van der Waals surface area contributed by atoms with Crippen LogP contribution in [0.15, 0.2) is 29.1 Å². The lowest BCUT2D eigenvalue weighted by Crippen LogP contribution is -2.51. The fourth-order valence-electron chi connectivity index (χ4n) is 6.91. The van der Waals surface area contributed by atoms with Gasteiger partial charge in [-0.3, -0.25) is 28.9 Å². The van der Waals surface area contributed by atoms with E-state index in [1.807, 2.05) is 32.9 Å². The van der Waals surface area contributed by atoms with E-state index in [4.69, 9.17) is 9.47 Å². The highest BCUT2D eigenvalue weighted by Crippen LogP contribution is 2.35. The van der Waals surface area contributed by atoms with E-state index in [1.165, 1.54) is 5.57 Å². The summed E-state index contributed by atoms with van der Waals surface area (Å²) in [6.45, 7) is 8.80. The highest BCUT2D eigenvalue weighted by Gasteiger charge is 2.38. The highest BCUT2D eigenvalue weighted by atomic mass is 16.6. The number of aryl methyl sites for hydroxylation is 1. The molecule has 11 nitrogen and oxygen atoms in total. The van der Waals surface area contributed by atoms with Crippen LogP contribution in [0.4, 0.5) is 4.79 Å². The van der Waals surface area contributed by atoms with Crippen molar-refractivity contribution in [2.24, 2.45) is 7.05 Å². The second kappa shape index (κ2) is 11.6. The molecule has 2 aromatic rings. The number of nitrogens with one attached hydrogen (secondary N) is 1. The van der Waals surface area contributed by atoms with Crippen molar-refractivity contribution in [3.8, 4) is 0 Å². The summed E-state index contributed by atoms with van der Waals surface area (Å²) in [7, 11) is 1.75. The maximum atomic E-state index is 13.3. The van der Waals surface area contributed by atoms with Crippen LogP contribution in [-0.4, -0.2) is 86.9 Å². The minimum absolute atomic E-state index is 0.192. The first kappa shape index (κ1) is 29.6. The first-order valence-electron chi connectivity index (χ1n) is 15.6. The Kier molecular flexibility index (Phi) is 7.97. The SMILES string of the molecule is Cn1c(=O)n(C2CCC(=O)NC2=O)c2cccc(C3=CCN(C4CC(OC5CCN(C(=O)OC(C)(C)C)CC5)C4)CC3)c21. The first-order chi connectivity index (χ1) is 20.5. The molecule has 3 fully saturated rings. The lowest BCUT2D eigenvalue weighted by molar-refractivity contribution is -0.135. The zero-order chi connectivity index (χ0) is 30.5. The van der Waals surface area contributed by atoms with Gasteiger partial charge in [0.25, 0.3) is 0 Å². The summed E-state index contributed by atoms with van der Waals surface area (Å²) >= 11 is 0. The number of hydrogen-bond acceptors (Lipinski definition) is 7. The number of carbonyl (C=O) groups is 3. The molecule has 3 aliphatic heterocycles. The van der Waals surface area contributed by atoms with Gasteiger partial charge in [-0.2, -0.15) is 0 Å². The van der Waals surface area contributed by atoms with Crippen LogP contribution >= 0.6 is 0 Å². The highest BCUT2D eigenvalue weighted by molar-refractivity contribution is 6.00. The third kappa shape index (κ3) is 6.02. The molecule has 1 aromatic carbocycles. The summed E-state index contributed by atoms with van der Waals surface area (Å²) < 4.78 is 15.1. The number of imide groups is 1. The zero-order valence-electron chi connectivity index (χ0n) is 25.6. The number of ether oxygens (including phenoxy) is 2. The number of imidazole rings is 1. The minimum Gasteiger partial charge on any atom is -0.444 e. The molecule has 11 heteroatoms. The van der Waals surface area contributed by atoms with E-state index in [1.54, 1.807) is 21.1 Å². The molecule has 1 saturated carbocycles. The van der Waals surface area contributed by atoms with Crippen LogP contribution in [0.5, 0.6) is 0 Å². The third-order valence-corrected chi connectivity index (χ3v) is 9.28. The molecule has 1 N–H and O–H groups in total. The van der Waals surface area contributed by atoms with Crippen molar-refractivity contribution in [1.29, 1.82) is 0 Å². The van der Waals surface area contributed by atoms with E-state index in [0.29, 0.717) is 25.6 Å². The van der Waals surface area contributed by atoms with Crippen molar-refractivity contribution in [3.63, 3.8) is 0 Å². The fourth-order valence-corrected chi connectivity index (χ4v) is 6.91. The van der Waals surface area contributed by atoms with Gasteiger partial charge in [0.2, 0.25) is 11.8 Å². The number of amides is 3. The average molecular weight is 594 g/mol. The monoisotopic (exact) mass is 593 g/mol. The average Bonchev–Trinajstić information content (AvgIpc) is 3.20. The molecule has 1 unspecified atom stereocenters. The van der Waals surface area contributed by atoms with E-state index < -0.39 is 17.6 Å². The Morgan fingerprint density at radius 1 is 0.977 bits per heavy atom. The van der Waals surface area contributed by atoms with Gasteiger partial charge in [0.1, 0.15) is 11.6 Å². The Bertz CT molecular complexity index is 1500. The van der Waals surface area contributed by atoms with Gasteiger partial charge in [-0.15, -0.1) is 0 Å². The molecule has 1 aliphatic carbocycles. The van der Waals surface area contributed by atoms with Crippen LogP contribution in [0.25, 0.3) is 16.6 Å². The third-order valence-electron chi connectivity index (χ3n) is 9.28. The number of carbonyl (C=O) groups excluding carboxylic acids is 3. The van der Waals surface area contributed by atoms with Gasteiger partial charge >= 0.3 is 11.8 Å². The summed E-state index contributed by atoms with van der Waals surface area (Å²) in [6, 6.07) is 5.69. The van der Waals surface area contributed by atoms with E-state index in [2.05, 4.69) is 22.4 Å². The van der Waals surface area contributed by atoms with Gasteiger partial charge in [-0.05, 0) is 70.9 Å². The first-order valence-corrected chi connectivity index (χ1v) is 15.6. The molecule has 4 heterocycles. The topological polar surface area (TPSA) is 115 Å². The quantitative estimate of drug-likeness (QED) is 0.529. The largest absolute Gasteiger partial charge is 0.444 e. The number of para-hydroxylation sites is 1. The molecule has 1 aromatic heterocycles. The van der Waals surface area contributed by atoms with Crippen molar-refractivity contribution in [2.75, 3.05) is 26.2 Å². The number of benzene rings is 1. The molecule has 232 valence electrons. The lowest BCUT2D eigenvalue weighted by Gasteiger charge is -2.45. The Morgan fingerprint density at radius 2 is 1.72 bits per heavy atom. The smallest absolute Gasteiger partial charge is 0.410 e. The Labute approximate surface area is 251 Å². The van der Waals surface area contributed by atoms with Crippen LogP contribution in [0.1, 0.15) is 77.3 Å². The molecule has 0 spiro atoms. The Balaban J connectivity index is 1.04. The van der Waals surface area contributed by atoms with Gasteiger partial charge in [0, 0.05) is 51.3 Å². The minimum atomic E-state index is -0.689. The maximum Gasteiger partial charge on any atom is 0.410 e. The summed E-state index contributed by atoms with van der Waals surface area (Å²) in [5.41, 5.74) is 3.05. The van der Waals surface area contributed by atoms with Gasteiger partial charge in [0.15, 0.2) is 0 Å². The molecule has 0 bridgehead atoms. The second-order valence-electron chi connectivity index (χ2n) is 13.4. The Hall–Kier alpha value is -3.44. The van der Waals surface area contributed by atoms with Gasteiger partial charge in [-0.25, -0.2) is 9.59 Å². The molecule has 1 atom stereocenters. The number of hydrogen-bond donors (Lipinski definition) is 1. The summed E-state index contributed by atoms with van der Waals surface area (Å²) in [5, 5.41) is 2.38. The van der Waals surface area contributed by atoms with Crippen LogP contribution in [-0.2, 0) is 26.1 Å². The number of piperidine rings is 2. The van der Waals surface area contributed by atoms with Crippen LogP contribution in [0.2, 0.25) is 0 Å². The van der Waals surface area contributed by atoms with Gasteiger partial charge in [-0.1, -0.05) is 18.2 Å². The lowest BCUT2D eigenvalue weighted by atomic mass is 9.86. The van der Waals surface area contributed by atoms with E-state index in [0.717, 1.165) is 61.8 Å². The number of likely N-dealkylation sites (tertiary alicyclic amines) is 1. The zero-order valence-corrected chi connectivity index (χ0v) is 25.6. The molecule has 4 aliphatic rings. The molecule has 3 amide bonds. The van der Waals surface area contributed by atoms with Crippen molar-refractivity contribution >= 4 is 34.5 Å². The molecular formula is C32H43N5O6. The fraction of sp³-hybridized carbons (Fsp3) is 0.625. The van der Waals surface area contributed by atoms with Crippen molar-refractivity contribution in [2.45, 2.75) is 95.6 Å². The predicted molar refractivity (Wildman–Crippen MR) is 161 cm³/mol. The summed E-state index contributed by atoms with van der Waals surface area (Å²) in [6.07, 6.45) is 7.64. The van der Waals surface area contributed by atoms with E-state index >= 15 is 0 Å². The van der Waals surface area contributed by atoms with E-state index in [9.17, 15) is 19.2 Å². The number of aromatic nitrogens is 2. The number of nitrogens with zero attached hydrogens (tertiary/aromatic N) is 4. The molecule has 43 heavy (non-hydrogen) atoms. The van der Waals surface area contributed by atoms with Crippen LogP contribution in [0.3, 0.4) is 0 Å². The summed E-state index contributed by atoms with van der Waals surface area (Å²) in [5.74, 6) is -0.713. The van der Waals surface area contributed by atoms with Crippen LogP contribution < -0.4 is 11.0 Å². The normalized spacial score (nSPS) is 25.8. The van der Waals surface area contributed by atoms with Gasteiger partial charge in [0.05, 0.1) is 23.2 Å². The molecular weight excluding hydrogens is 550 g/mol. The maximum absolute atomic E-state index is 13.3. The van der Waals surface area contributed by atoms with Gasteiger partial charge < -0.3 is 14.4 Å². The van der Waals surface area contributed by atoms with Crippen molar-refractivity contribution in [3.05, 3.63) is 40.3 Å². The molecule has 6 rings (SSSR count).